The van der Waals surface area contributed by atoms with E-state index in [-0.39, 0.29) is 0 Å². The van der Waals surface area contributed by atoms with Gasteiger partial charge in [0.1, 0.15) is 0 Å². The Hall–Kier alpha value is -1.48. The van der Waals surface area contributed by atoms with E-state index in [1.54, 1.807) is 0 Å². The Bertz CT molecular complexity index is 488. The molecule has 86 valence electrons. The molecule has 3 heteroatoms. The van der Waals surface area contributed by atoms with E-state index in [2.05, 4.69) is 22.8 Å². The van der Waals surface area contributed by atoms with Crippen LogP contribution in [0.25, 0.3) is 10.9 Å². The normalized spacial score (nSPS) is 10.9. The monoisotopic (exact) mass is 218 g/mol. The van der Waals surface area contributed by atoms with Crippen LogP contribution in [-0.2, 0) is 13.5 Å². The number of aryl methyl sites for hydroxylation is 1. The highest BCUT2D eigenvalue weighted by Crippen LogP contribution is 2.31. The summed E-state index contributed by atoms with van der Waals surface area (Å²) in [5, 5.41) is 1.25. The fraction of sp³-hybridized carbons (Fsp3) is 0.385. The molecule has 0 aliphatic heterocycles. The Kier molecular flexibility index (Phi) is 3.15. The first-order valence-electron chi connectivity index (χ1n) is 5.68. The van der Waals surface area contributed by atoms with E-state index in [1.165, 1.54) is 16.5 Å². The fourth-order valence-corrected chi connectivity index (χ4v) is 2.15. The molecule has 2 rings (SSSR count). The van der Waals surface area contributed by atoms with Crippen molar-refractivity contribution in [2.24, 2.45) is 12.8 Å². The van der Waals surface area contributed by atoms with Crippen molar-refractivity contribution in [3.05, 3.63) is 29.8 Å². The zero-order valence-electron chi connectivity index (χ0n) is 9.86. The van der Waals surface area contributed by atoms with Crippen molar-refractivity contribution in [1.82, 2.24) is 4.57 Å². The van der Waals surface area contributed by atoms with E-state index >= 15 is 0 Å². The van der Waals surface area contributed by atoms with Gasteiger partial charge in [0, 0.05) is 18.0 Å². The van der Waals surface area contributed by atoms with Crippen LogP contribution < -0.4 is 10.5 Å². The third-order valence-corrected chi connectivity index (χ3v) is 2.83. The molecule has 3 nitrogen and oxygen atoms in total. The van der Waals surface area contributed by atoms with Gasteiger partial charge < -0.3 is 15.0 Å². The van der Waals surface area contributed by atoms with Crippen LogP contribution in [0.3, 0.4) is 0 Å². The van der Waals surface area contributed by atoms with Crippen LogP contribution in [0.1, 0.15) is 12.5 Å². The Morgan fingerprint density at radius 2 is 2.06 bits per heavy atom. The third-order valence-electron chi connectivity index (χ3n) is 2.83. The van der Waals surface area contributed by atoms with Crippen LogP contribution in [0.15, 0.2) is 24.3 Å². The predicted molar refractivity (Wildman–Crippen MR) is 66.8 cm³/mol. The van der Waals surface area contributed by atoms with Crippen molar-refractivity contribution in [3.63, 3.8) is 0 Å². The summed E-state index contributed by atoms with van der Waals surface area (Å²) in [5.41, 5.74) is 8.09. The molecule has 1 aromatic heterocycles. The van der Waals surface area contributed by atoms with Gasteiger partial charge in [-0.15, -0.1) is 0 Å². The Morgan fingerprint density at radius 1 is 1.31 bits per heavy atom. The second kappa shape index (κ2) is 4.58. The number of aromatic nitrogens is 1. The van der Waals surface area contributed by atoms with Crippen molar-refractivity contribution in [2.45, 2.75) is 13.3 Å². The van der Waals surface area contributed by atoms with Crippen molar-refractivity contribution in [2.75, 3.05) is 13.2 Å². The Balaban J connectivity index is 2.65. The number of nitrogens with zero attached hydrogens (tertiary/aromatic N) is 1. The lowest BCUT2D eigenvalue weighted by molar-refractivity contribution is 0.313. The zero-order chi connectivity index (χ0) is 11.5. The molecule has 2 aromatic rings. The number of para-hydroxylation sites is 1. The van der Waals surface area contributed by atoms with Gasteiger partial charge in [-0.05, 0) is 26.0 Å². The lowest BCUT2D eigenvalue weighted by atomic mass is 10.1. The summed E-state index contributed by atoms with van der Waals surface area (Å²) in [6.07, 6.45) is 0.858. The first-order valence-corrected chi connectivity index (χ1v) is 5.68. The van der Waals surface area contributed by atoms with Crippen molar-refractivity contribution >= 4 is 10.9 Å². The van der Waals surface area contributed by atoms with Crippen LogP contribution in [0.5, 0.6) is 5.88 Å². The van der Waals surface area contributed by atoms with Crippen molar-refractivity contribution in [3.8, 4) is 5.88 Å². The minimum Gasteiger partial charge on any atom is -0.479 e. The molecule has 0 aliphatic rings. The third kappa shape index (κ3) is 1.67. The summed E-state index contributed by atoms with van der Waals surface area (Å²) in [4.78, 5) is 0. The fourth-order valence-electron chi connectivity index (χ4n) is 2.15. The molecule has 0 spiro atoms. The molecule has 0 aliphatic carbocycles. The van der Waals surface area contributed by atoms with Gasteiger partial charge in [0.15, 0.2) is 5.88 Å². The standard InChI is InChI=1S/C13H18N2O/c1-3-16-13-11(8-9-14)10-6-4-5-7-12(10)15(13)2/h4-7H,3,8-9,14H2,1-2H3. The van der Waals surface area contributed by atoms with E-state index in [1.807, 2.05) is 20.0 Å². The van der Waals surface area contributed by atoms with Gasteiger partial charge in [0.25, 0.3) is 0 Å². The van der Waals surface area contributed by atoms with Crippen LogP contribution in [0.4, 0.5) is 0 Å². The molecule has 1 heterocycles. The van der Waals surface area contributed by atoms with Crippen LogP contribution in [0.2, 0.25) is 0 Å². The molecule has 0 saturated heterocycles. The van der Waals surface area contributed by atoms with Crippen molar-refractivity contribution < 1.29 is 4.74 Å². The van der Waals surface area contributed by atoms with E-state index in [4.69, 9.17) is 10.5 Å². The van der Waals surface area contributed by atoms with Gasteiger partial charge in [0.05, 0.1) is 12.1 Å². The first kappa shape index (κ1) is 11.0. The van der Waals surface area contributed by atoms with Crippen LogP contribution in [-0.4, -0.2) is 17.7 Å². The second-order valence-electron chi connectivity index (χ2n) is 3.83. The Morgan fingerprint density at radius 3 is 2.75 bits per heavy atom. The molecule has 0 atom stereocenters. The molecule has 0 saturated carbocycles. The molecule has 2 N–H and O–H groups in total. The molecule has 1 aromatic carbocycles. The molecule has 0 fully saturated rings. The predicted octanol–water partition coefficient (Wildman–Crippen LogP) is 2.08. The quantitative estimate of drug-likeness (QED) is 0.853. The van der Waals surface area contributed by atoms with Gasteiger partial charge in [-0.3, -0.25) is 0 Å². The summed E-state index contributed by atoms with van der Waals surface area (Å²) in [7, 11) is 2.04. The summed E-state index contributed by atoms with van der Waals surface area (Å²) in [6.45, 7) is 3.33. The van der Waals surface area contributed by atoms with Gasteiger partial charge in [-0.25, -0.2) is 0 Å². The maximum absolute atomic E-state index is 5.71. The highest BCUT2D eigenvalue weighted by molar-refractivity contribution is 5.86. The highest BCUT2D eigenvalue weighted by atomic mass is 16.5. The summed E-state index contributed by atoms with van der Waals surface area (Å²) in [6, 6.07) is 8.34. The SMILES string of the molecule is CCOc1c(CCN)c2ccccc2n1C. The van der Waals surface area contributed by atoms with E-state index in [0.29, 0.717) is 13.2 Å². The van der Waals surface area contributed by atoms with Gasteiger partial charge in [0.2, 0.25) is 0 Å². The van der Waals surface area contributed by atoms with Gasteiger partial charge in [-0.2, -0.15) is 0 Å². The molecule has 0 radical (unpaired) electrons. The molecule has 16 heavy (non-hydrogen) atoms. The Labute approximate surface area is 95.8 Å². The van der Waals surface area contributed by atoms with Gasteiger partial charge in [-0.1, -0.05) is 18.2 Å². The number of rotatable bonds is 4. The molecular formula is C13H18N2O. The van der Waals surface area contributed by atoms with Crippen LogP contribution in [0, 0.1) is 0 Å². The summed E-state index contributed by atoms with van der Waals surface area (Å²) >= 11 is 0. The van der Waals surface area contributed by atoms with E-state index in [0.717, 1.165) is 12.3 Å². The maximum Gasteiger partial charge on any atom is 0.197 e. The maximum atomic E-state index is 5.71. The summed E-state index contributed by atoms with van der Waals surface area (Å²) in [5.74, 6) is 0.953. The molecule has 0 unspecified atom stereocenters. The molecule has 0 amide bonds. The smallest absolute Gasteiger partial charge is 0.197 e. The van der Waals surface area contributed by atoms with Gasteiger partial charge >= 0.3 is 0 Å². The summed E-state index contributed by atoms with van der Waals surface area (Å²) < 4.78 is 7.81. The van der Waals surface area contributed by atoms with E-state index < -0.39 is 0 Å². The van der Waals surface area contributed by atoms with Crippen molar-refractivity contribution in [1.29, 1.82) is 0 Å². The average Bonchev–Trinajstić information content (AvgIpc) is 2.57. The topological polar surface area (TPSA) is 40.2 Å². The number of nitrogens with two attached hydrogens (primary N) is 1. The van der Waals surface area contributed by atoms with E-state index in [9.17, 15) is 0 Å². The minimum atomic E-state index is 0.647. The number of hydrogen-bond acceptors (Lipinski definition) is 2. The minimum absolute atomic E-state index is 0.647. The lowest BCUT2D eigenvalue weighted by Crippen LogP contribution is -2.05. The highest BCUT2D eigenvalue weighted by Gasteiger charge is 2.14. The number of fused-ring (bicyclic) bond motifs is 1. The lowest BCUT2D eigenvalue weighted by Gasteiger charge is -2.07. The average molecular weight is 218 g/mol. The number of ether oxygens (including phenoxy) is 1. The molecular weight excluding hydrogens is 200 g/mol. The second-order valence-corrected chi connectivity index (χ2v) is 3.83. The first-order chi connectivity index (χ1) is 7.79. The van der Waals surface area contributed by atoms with Crippen LogP contribution >= 0.6 is 0 Å². The largest absolute Gasteiger partial charge is 0.479 e. The molecule has 0 bridgehead atoms. The number of benzene rings is 1. The number of hydrogen-bond donors (Lipinski definition) is 1. The zero-order valence-corrected chi connectivity index (χ0v) is 9.86.